The first-order chi connectivity index (χ1) is 8.31. The van der Waals surface area contributed by atoms with Crippen LogP contribution in [-0.4, -0.2) is 9.97 Å². The molecule has 0 aliphatic heterocycles. The van der Waals surface area contributed by atoms with E-state index in [4.69, 9.17) is 0 Å². The van der Waals surface area contributed by atoms with Gasteiger partial charge in [0.25, 0.3) is 0 Å². The molecule has 0 radical (unpaired) electrons. The summed E-state index contributed by atoms with van der Waals surface area (Å²) in [5.41, 5.74) is 3.01. The second-order valence-electron chi connectivity index (χ2n) is 3.80. The SMILES string of the molecule is Cc1ccc(Nc2nc3ccccc3s2)cn1. The highest BCUT2D eigenvalue weighted by Crippen LogP contribution is 2.27. The van der Waals surface area contributed by atoms with Gasteiger partial charge in [-0.3, -0.25) is 4.98 Å². The predicted molar refractivity (Wildman–Crippen MR) is 71.9 cm³/mol. The Bertz CT molecular complexity index is 610. The minimum absolute atomic E-state index is 0.900. The van der Waals surface area contributed by atoms with E-state index in [0.717, 1.165) is 22.0 Å². The average Bonchev–Trinajstić information content (AvgIpc) is 2.74. The number of hydrogen-bond donors (Lipinski definition) is 1. The van der Waals surface area contributed by atoms with Crippen LogP contribution in [0.1, 0.15) is 5.69 Å². The largest absolute Gasteiger partial charge is 0.330 e. The molecule has 0 aliphatic carbocycles. The molecule has 3 rings (SSSR count). The second kappa shape index (κ2) is 4.14. The zero-order valence-corrected chi connectivity index (χ0v) is 10.2. The third kappa shape index (κ3) is 2.12. The number of nitrogens with zero attached hydrogens (tertiary/aromatic N) is 2. The van der Waals surface area contributed by atoms with Crippen molar-refractivity contribution in [2.45, 2.75) is 6.92 Å². The Morgan fingerprint density at radius 1 is 1.12 bits per heavy atom. The number of thiazole rings is 1. The average molecular weight is 241 g/mol. The zero-order chi connectivity index (χ0) is 11.7. The highest BCUT2D eigenvalue weighted by Gasteiger charge is 2.02. The van der Waals surface area contributed by atoms with Gasteiger partial charge in [0.1, 0.15) is 0 Å². The lowest BCUT2D eigenvalue weighted by Gasteiger charge is -2.01. The highest BCUT2D eigenvalue weighted by atomic mass is 32.1. The van der Waals surface area contributed by atoms with Crippen molar-refractivity contribution in [1.82, 2.24) is 9.97 Å². The molecule has 2 aromatic heterocycles. The van der Waals surface area contributed by atoms with Gasteiger partial charge in [0.15, 0.2) is 5.13 Å². The van der Waals surface area contributed by atoms with Gasteiger partial charge in [0.2, 0.25) is 0 Å². The molecular weight excluding hydrogens is 230 g/mol. The fourth-order valence-electron chi connectivity index (χ4n) is 1.59. The van der Waals surface area contributed by atoms with Gasteiger partial charge in [-0.15, -0.1) is 0 Å². The van der Waals surface area contributed by atoms with Crippen LogP contribution in [0.2, 0.25) is 0 Å². The van der Waals surface area contributed by atoms with E-state index in [1.165, 1.54) is 4.70 Å². The third-order valence-corrected chi connectivity index (χ3v) is 3.41. The molecule has 0 amide bonds. The number of anilines is 2. The molecule has 0 saturated carbocycles. The summed E-state index contributed by atoms with van der Waals surface area (Å²) in [5.74, 6) is 0. The third-order valence-electron chi connectivity index (χ3n) is 2.46. The van der Waals surface area contributed by atoms with Gasteiger partial charge < -0.3 is 5.32 Å². The number of aryl methyl sites for hydroxylation is 1. The van der Waals surface area contributed by atoms with Crippen molar-refractivity contribution in [3.8, 4) is 0 Å². The number of hydrogen-bond acceptors (Lipinski definition) is 4. The van der Waals surface area contributed by atoms with Gasteiger partial charge in [-0.2, -0.15) is 0 Å². The van der Waals surface area contributed by atoms with Crippen molar-refractivity contribution in [2.75, 3.05) is 5.32 Å². The summed E-state index contributed by atoms with van der Waals surface area (Å²) in [6, 6.07) is 12.1. The van der Waals surface area contributed by atoms with Crippen molar-refractivity contribution < 1.29 is 0 Å². The maximum atomic E-state index is 4.51. The normalized spacial score (nSPS) is 10.6. The summed E-state index contributed by atoms with van der Waals surface area (Å²) < 4.78 is 1.19. The molecule has 0 fully saturated rings. The smallest absolute Gasteiger partial charge is 0.188 e. The van der Waals surface area contributed by atoms with Crippen molar-refractivity contribution in [3.05, 3.63) is 48.3 Å². The monoisotopic (exact) mass is 241 g/mol. The molecule has 0 saturated heterocycles. The van der Waals surface area contributed by atoms with Gasteiger partial charge >= 0.3 is 0 Å². The molecule has 1 N–H and O–H groups in total. The Morgan fingerprint density at radius 2 is 2.00 bits per heavy atom. The minimum Gasteiger partial charge on any atom is -0.330 e. The van der Waals surface area contributed by atoms with Gasteiger partial charge in [-0.25, -0.2) is 4.98 Å². The van der Waals surface area contributed by atoms with Gasteiger partial charge in [0.05, 0.1) is 22.1 Å². The summed E-state index contributed by atoms with van der Waals surface area (Å²) in [5, 5.41) is 4.17. The van der Waals surface area contributed by atoms with E-state index in [9.17, 15) is 0 Å². The Hall–Kier alpha value is -1.94. The van der Waals surface area contributed by atoms with Crippen molar-refractivity contribution >= 4 is 32.4 Å². The van der Waals surface area contributed by atoms with Crippen molar-refractivity contribution in [3.63, 3.8) is 0 Å². The fraction of sp³-hybridized carbons (Fsp3) is 0.0769. The number of rotatable bonds is 2. The Balaban J connectivity index is 1.92. The molecule has 0 atom stereocenters. The number of pyridine rings is 1. The van der Waals surface area contributed by atoms with E-state index in [1.807, 2.05) is 43.5 Å². The minimum atomic E-state index is 0.900. The topological polar surface area (TPSA) is 37.8 Å². The Kier molecular flexibility index (Phi) is 2.49. The molecular formula is C13H11N3S. The van der Waals surface area contributed by atoms with E-state index >= 15 is 0 Å². The summed E-state index contributed by atoms with van der Waals surface area (Å²) in [7, 11) is 0. The predicted octanol–water partition coefficient (Wildman–Crippen LogP) is 3.74. The molecule has 84 valence electrons. The first kappa shape index (κ1) is 10.2. The van der Waals surface area contributed by atoms with Gasteiger partial charge in [0, 0.05) is 5.69 Å². The standard InChI is InChI=1S/C13H11N3S/c1-9-6-7-10(8-14-9)15-13-16-11-4-2-3-5-12(11)17-13/h2-8H,1H3,(H,15,16). The van der Waals surface area contributed by atoms with Crippen LogP contribution in [0.25, 0.3) is 10.2 Å². The highest BCUT2D eigenvalue weighted by molar-refractivity contribution is 7.22. The molecule has 3 nitrogen and oxygen atoms in total. The molecule has 0 unspecified atom stereocenters. The van der Waals surface area contributed by atoms with E-state index in [2.05, 4.69) is 21.4 Å². The molecule has 3 aromatic rings. The van der Waals surface area contributed by atoms with E-state index in [-0.39, 0.29) is 0 Å². The number of nitrogens with one attached hydrogen (secondary N) is 1. The maximum Gasteiger partial charge on any atom is 0.188 e. The summed E-state index contributed by atoms with van der Waals surface area (Å²) in [4.78, 5) is 8.75. The van der Waals surface area contributed by atoms with Crippen LogP contribution >= 0.6 is 11.3 Å². The summed E-state index contributed by atoms with van der Waals surface area (Å²) >= 11 is 1.65. The number of benzene rings is 1. The molecule has 0 spiro atoms. The lowest BCUT2D eigenvalue weighted by atomic mass is 10.3. The van der Waals surface area contributed by atoms with Crippen LogP contribution in [0.4, 0.5) is 10.8 Å². The lowest BCUT2D eigenvalue weighted by molar-refractivity contribution is 1.20. The summed E-state index contributed by atoms with van der Waals surface area (Å²) in [6.07, 6.45) is 1.82. The lowest BCUT2D eigenvalue weighted by Crippen LogP contribution is -1.90. The Morgan fingerprint density at radius 3 is 2.76 bits per heavy atom. The van der Waals surface area contributed by atoms with Crippen LogP contribution in [0, 0.1) is 6.92 Å². The van der Waals surface area contributed by atoms with Crippen molar-refractivity contribution in [2.24, 2.45) is 0 Å². The van der Waals surface area contributed by atoms with E-state index < -0.39 is 0 Å². The first-order valence-electron chi connectivity index (χ1n) is 5.36. The molecule has 4 heteroatoms. The van der Waals surface area contributed by atoms with Crippen LogP contribution in [0.3, 0.4) is 0 Å². The molecule has 1 aromatic carbocycles. The van der Waals surface area contributed by atoms with Gasteiger partial charge in [-0.1, -0.05) is 23.5 Å². The van der Waals surface area contributed by atoms with Gasteiger partial charge in [-0.05, 0) is 31.2 Å². The van der Waals surface area contributed by atoms with Crippen LogP contribution in [-0.2, 0) is 0 Å². The summed E-state index contributed by atoms with van der Waals surface area (Å²) in [6.45, 7) is 1.97. The number of aromatic nitrogens is 2. The second-order valence-corrected chi connectivity index (χ2v) is 4.83. The zero-order valence-electron chi connectivity index (χ0n) is 9.34. The van der Waals surface area contributed by atoms with E-state index in [1.54, 1.807) is 11.3 Å². The first-order valence-corrected chi connectivity index (χ1v) is 6.18. The quantitative estimate of drug-likeness (QED) is 0.742. The Labute approximate surface area is 103 Å². The molecule has 0 aliphatic rings. The number of para-hydroxylation sites is 1. The number of fused-ring (bicyclic) bond motifs is 1. The molecule has 0 bridgehead atoms. The molecule has 17 heavy (non-hydrogen) atoms. The van der Waals surface area contributed by atoms with E-state index in [0.29, 0.717) is 0 Å². The van der Waals surface area contributed by atoms with Crippen LogP contribution < -0.4 is 5.32 Å². The fourth-order valence-corrected chi connectivity index (χ4v) is 2.48. The van der Waals surface area contributed by atoms with Crippen molar-refractivity contribution in [1.29, 1.82) is 0 Å². The molecule has 2 heterocycles. The van der Waals surface area contributed by atoms with Crippen LogP contribution in [0.15, 0.2) is 42.6 Å². The van der Waals surface area contributed by atoms with Crippen LogP contribution in [0.5, 0.6) is 0 Å². The maximum absolute atomic E-state index is 4.51.